The molecule has 0 aromatic heterocycles. The number of hydrogen-bond acceptors (Lipinski definition) is 3. The number of ether oxygens (including phenoxy) is 1. The second kappa shape index (κ2) is 7.41. The maximum atomic E-state index is 12.3. The van der Waals surface area contributed by atoms with Crippen molar-refractivity contribution in [3.8, 4) is 0 Å². The van der Waals surface area contributed by atoms with Gasteiger partial charge in [0.2, 0.25) is 5.91 Å². The van der Waals surface area contributed by atoms with Gasteiger partial charge in [-0.25, -0.2) is 0 Å². The van der Waals surface area contributed by atoms with Crippen molar-refractivity contribution in [2.45, 2.75) is 39.3 Å². The Morgan fingerprint density at radius 3 is 3.00 bits per heavy atom. The summed E-state index contributed by atoms with van der Waals surface area (Å²) in [4.78, 5) is 12.3. The van der Waals surface area contributed by atoms with E-state index < -0.39 is 0 Å². The summed E-state index contributed by atoms with van der Waals surface area (Å²) >= 11 is 0. The van der Waals surface area contributed by atoms with E-state index in [-0.39, 0.29) is 17.9 Å². The molecule has 110 valence electrons. The van der Waals surface area contributed by atoms with Crippen molar-refractivity contribution in [1.82, 2.24) is 5.32 Å². The standard InChI is InChI=1S/C16H24N2O2/c1-3-15-14(8-9-20-15)16(19)18-13-7-5-6-12(10-13)11-17-4-2/h5-7,10,14-15,17H,3-4,8-9,11H2,1-2H3,(H,18,19). The molecular formula is C16H24N2O2. The highest BCUT2D eigenvalue weighted by molar-refractivity contribution is 5.93. The highest BCUT2D eigenvalue weighted by atomic mass is 16.5. The van der Waals surface area contributed by atoms with E-state index >= 15 is 0 Å². The number of rotatable bonds is 6. The molecule has 1 aromatic rings. The van der Waals surface area contributed by atoms with Gasteiger partial charge in [-0.3, -0.25) is 4.79 Å². The number of nitrogens with one attached hydrogen (secondary N) is 2. The Kier molecular flexibility index (Phi) is 5.56. The number of benzene rings is 1. The molecule has 0 bridgehead atoms. The van der Waals surface area contributed by atoms with Crippen molar-refractivity contribution in [3.05, 3.63) is 29.8 Å². The van der Waals surface area contributed by atoms with Crippen LogP contribution in [0.3, 0.4) is 0 Å². The van der Waals surface area contributed by atoms with Gasteiger partial charge in [0.1, 0.15) is 0 Å². The summed E-state index contributed by atoms with van der Waals surface area (Å²) in [6, 6.07) is 8.00. The fraction of sp³-hybridized carbons (Fsp3) is 0.562. The fourth-order valence-electron chi connectivity index (χ4n) is 2.61. The molecular weight excluding hydrogens is 252 g/mol. The second-order valence-corrected chi connectivity index (χ2v) is 5.18. The van der Waals surface area contributed by atoms with E-state index in [1.807, 2.05) is 18.2 Å². The molecule has 1 aromatic carbocycles. The molecule has 1 saturated heterocycles. The van der Waals surface area contributed by atoms with Crippen LogP contribution in [-0.4, -0.2) is 25.2 Å². The maximum absolute atomic E-state index is 12.3. The van der Waals surface area contributed by atoms with E-state index in [0.29, 0.717) is 6.61 Å². The molecule has 0 aliphatic carbocycles. The quantitative estimate of drug-likeness (QED) is 0.839. The molecule has 1 heterocycles. The first-order chi connectivity index (χ1) is 9.74. The average molecular weight is 276 g/mol. The Morgan fingerprint density at radius 2 is 2.25 bits per heavy atom. The van der Waals surface area contributed by atoms with Crippen LogP contribution in [0.1, 0.15) is 32.3 Å². The highest BCUT2D eigenvalue weighted by Crippen LogP contribution is 2.25. The Bertz CT molecular complexity index is 448. The first kappa shape index (κ1) is 15.0. The lowest BCUT2D eigenvalue weighted by Crippen LogP contribution is -2.29. The van der Waals surface area contributed by atoms with Crippen LogP contribution in [-0.2, 0) is 16.1 Å². The predicted molar refractivity (Wildman–Crippen MR) is 80.6 cm³/mol. The summed E-state index contributed by atoms with van der Waals surface area (Å²) in [7, 11) is 0. The smallest absolute Gasteiger partial charge is 0.230 e. The molecule has 0 saturated carbocycles. The second-order valence-electron chi connectivity index (χ2n) is 5.18. The van der Waals surface area contributed by atoms with Crippen molar-refractivity contribution < 1.29 is 9.53 Å². The zero-order valence-corrected chi connectivity index (χ0v) is 12.3. The SMILES string of the molecule is CCNCc1cccc(NC(=O)C2CCOC2CC)c1. The molecule has 1 aliphatic heterocycles. The number of carbonyl (C=O) groups is 1. The summed E-state index contributed by atoms with van der Waals surface area (Å²) in [5.74, 6) is 0.0624. The summed E-state index contributed by atoms with van der Waals surface area (Å²) in [6.45, 7) is 6.60. The highest BCUT2D eigenvalue weighted by Gasteiger charge is 2.32. The molecule has 0 spiro atoms. The largest absolute Gasteiger partial charge is 0.377 e. The van der Waals surface area contributed by atoms with E-state index in [1.165, 1.54) is 5.56 Å². The molecule has 2 unspecified atom stereocenters. The maximum Gasteiger partial charge on any atom is 0.230 e. The van der Waals surface area contributed by atoms with Crippen molar-refractivity contribution in [2.75, 3.05) is 18.5 Å². The lowest BCUT2D eigenvalue weighted by atomic mass is 9.98. The van der Waals surface area contributed by atoms with Crippen LogP contribution in [0.15, 0.2) is 24.3 Å². The van der Waals surface area contributed by atoms with E-state index in [2.05, 4.69) is 30.5 Å². The minimum absolute atomic E-state index is 0.0163. The van der Waals surface area contributed by atoms with Crippen LogP contribution in [0, 0.1) is 5.92 Å². The van der Waals surface area contributed by atoms with Gasteiger partial charge in [0.05, 0.1) is 12.0 Å². The molecule has 0 radical (unpaired) electrons. The van der Waals surface area contributed by atoms with Crippen LogP contribution < -0.4 is 10.6 Å². The third-order valence-electron chi connectivity index (χ3n) is 3.72. The van der Waals surface area contributed by atoms with Crippen molar-refractivity contribution in [2.24, 2.45) is 5.92 Å². The number of carbonyl (C=O) groups excluding carboxylic acids is 1. The monoisotopic (exact) mass is 276 g/mol. The third-order valence-corrected chi connectivity index (χ3v) is 3.72. The average Bonchev–Trinajstić information content (AvgIpc) is 2.94. The van der Waals surface area contributed by atoms with Crippen LogP contribution in [0.4, 0.5) is 5.69 Å². The van der Waals surface area contributed by atoms with E-state index in [0.717, 1.165) is 31.6 Å². The summed E-state index contributed by atoms with van der Waals surface area (Å²) in [5.41, 5.74) is 2.05. The number of amides is 1. The van der Waals surface area contributed by atoms with Crippen molar-refractivity contribution in [1.29, 1.82) is 0 Å². The molecule has 1 aliphatic rings. The first-order valence-electron chi connectivity index (χ1n) is 7.46. The van der Waals surface area contributed by atoms with E-state index in [4.69, 9.17) is 4.74 Å². The molecule has 1 fully saturated rings. The van der Waals surface area contributed by atoms with Gasteiger partial charge in [0.25, 0.3) is 0 Å². The molecule has 2 N–H and O–H groups in total. The normalized spacial score (nSPS) is 21.9. The van der Waals surface area contributed by atoms with Crippen LogP contribution in [0.25, 0.3) is 0 Å². The Labute approximate surface area is 120 Å². The molecule has 20 heavy (non-hydrogen) atoms. The molecule has 1 amide bonds. The van der Waals surface area contributed by atoms with Gasteiger partial charge < -0.3 is 15.4 Å². The van der Waals surface area contributed by atoms with Gasteiger partial charge >= 0.3 is 0 Å². The third kappa shape index (κ3) is 3.81. The fourth-order valence-corrected chi connectivity index (χ4v) is 2.61. The lowest BCUT2D eigenvalue weighted by molar-refractivity contribution is -0.121. The van der Waals surface area contributed by atoms with Crippen LogP contribution in [0.5, 0.6) is 0 Å². The first-order valence-corrected chi connectivity index (χ1v) is 7.46. The van der Waals surface area contributed by atoms with Gasteiger partial charge in [-0.05, 0) is 37.1 Å². The van der Waals surface area contributed by atoms with Gasteiger partial charge in [-0.1, -0.05) is 26.0 Å². The van der Waals surface area contributed by atoms with Crippen molar-refractivity contribution >= 4 is 11.6 Å². The van der Waals surface area contributed by atoms with E-state index in [9.17, 15) is 4.79 Å². The Balaban J connectivity index is 1.97. The number of hydrogen-bond donors (Lipinski definition) is 2. The molecule has 4 heteroatoms. The Hall–Kier alpha value is -1.39. The topological polar surface area (TPSA) is 50.4 Å². The lowest BCUT2D eigenvalue weighted by Gasteiger charge is -2.16. The number of anilines is 1. The minimum Gasteiger partial charge on any atom is -0.377 e. The Morgan fingerprint density at radius 1 is 1.40 bits per heavy atom. The van der Waals surface area contributed by atoms with Crippen LogP contribution >= 0.6 is 0 Å². The van der Waals surface area contributed by atoms with Gasteiger partial charge in [-0.2, -0.15) is 0 Å². The summed E-state index contributed by atoms with van der Waals surface area (Å²) in [5, 5.41) is 6.30. The van der Waals surface area contributed by atoms with Crippen LogP contribution in [0.2, 0.25) is 0 Å². The predicted octanol–water partition coefficient (Wildman–Crippen LogP) is 2.55. The minimum atomic E-state index is -0.0163. The molecule has 2 rings (SSSR count). The molecule has 2 atom stereocenters. The van der Waals surface area contributed by atoms with Gasteiger partial charge in [0, 0.05) is 18.8 Å². The van der Waals surface area contributed by atoms with Crippen molar-refractivity contribution in [3.63, 3.8) is 0 Å². The molecule has 4 nitrogen and oxygen atoms in total. The zero-order valence-electron chi connectivity index (χ0n) is 12.3. The van der Waals surface area contributed by atoms with E-state index in [1.54, 1.807) is 0 Å². The summed E-state index contributed by atoms with van der Waals surface area (Å²) in [6.07, 6.45) is 1.78. The van der Waals surface area contributed by atoms with Gasteiger partial charge in [0.15, 0.2) is 0 Å². The van der Waals surface area contributed by atoms with Gasteiger partial charge in [-0.15, -0.1) is 0 Å². The zero-order chi connectivity index (χ0) is 14.4. The summed E-state index contributed by atoms with van der Waals surface area (Å²) < 4.78 is 5.58.